The van der Waals surface area contributed by atoms with Crippen molar-refractivity contribution in [1.29, 1.82) is 0 Å². The third kappa shape index (κ3) is 4.40. The van der Waals surface area contributed by atoms with E-state index < -0.39 is 0 Å². The van der Waals surface area contributed by atoms with E-state index in [2.05, 4.69) is 39.3 Å². The Kier molecular flexibility index (Phi) is 5.41. The van der Waals surface area contributed by atoms with Crippen molar-refractivity contribution in [2.45, 2.75) is 45.6 Å². The fourth-order valence-electron chi connectivity index (χ4n) is 3.54. The van der Waals surface area contributed by atoms with Gasteiger partial charge in [0.15, 0.2) is 0 Å². The zero-order chi connectivity index (χ0) is 19.5. The lowest BCUT2D eigenvalue weighted by Crippen LogP contribution is -2.28. The van der Waals surface area contributed by atoms with E-state index >= 15 is 0 Å². The minimum Gasteiger partial charge on any atom is -0.367 e. The average molecular weight is 380 g/mol. The summed E-state index contributed by atoms with van der Waals surface area (Å²) in [6, 6.07) is 4.19. The summed E-state index contributed by atoms with van der Waals surface area (Å²) in [5, 5.41) is 6.45. The largest absolute Gasteiger partial charge is 0.367 e. The number of pyridine rings is 1. The number of fused-ring (bicyclic) bond motifs is 1. The Morgan fingerprint density at radius 3 is 2.82 bits per heavy atom. The number of hydrogen-bond acceptors (Lipinski definition) is 6. The fourth-order valence-corrected chi connectivity index (χ4v) is 3.54. The van der Waals surface area contributed by atoms with Crippen LogP contribution >= 0.6 is 0 Å². The molecule has 28 heavy (non-hydrogen) atoms. The van der Waals surface area contributed by atoms with Crippen molar-refractivity contribution in [2.24, 2.45) is 5.92 Å². The number of nitrogens with one attached hydrogen (secondary N) is 2. The van der Waals surface area contributed by atoms with Gasteiger partial charge < -0.3 is 15.5 Å². The van der Waals surface area contributed by atoms with Crippen LogP contribution in [-0.4, -0.2) is 46.5 Å². The smallest absolute Gasteiger partial charge is 0.255 e. The number of amides is 1. The molecule has 0 atom stereocenters. The molecule has 0 bridgehead atoms. The van der Waals surface area contributed by atoms with Crippen molar-refractivity contribution >= 4 is 17.5 Å². The van der Waals surface area contributed by atoms with E-state index in [1.807, 2.05) is 12.1 Å². The summed E-state index contributed by atoms with van der Waals surface area (Å²) in [6.45, 7) is 6.60. The second-order valence-electron chi connectivity index (χ2n) is 8.00. The molecule has 0 aromatic carbocycles. The highest BCUT2D eigenvalue weighted by atomic mass is 16.1. The number of nitrogens with zero attached hydrogens (tertiary/aromatic N) is 4. The molecule has 7 heteroatoms. The van der Waals surface area contributed by atoms with Gasteiger partial charge in [-0.15, -0.1) is 0 Å². The highest BCUT2D eigenvalue weighted by Gasteiger charge is 2.25. The maximum absolute atomic E-state index is 12.8. The zero-order valence-corrected chi connectivity index (χ0v) is 16.6. The molecule has 7 nitrogen and oxygen atoms in total. The molecule has 148 valence electrons. The van der Waals surface area contributed by atoms with Crippen molar-refractivity contribution in [3.8, 4) is 0 Å². The van der Waals surface area contributed by atoms with E-state index in [0.717, 1.165) is 49.6 Å². The van der Waals surface area contributed by atoms with Crippen LogP contribution in [0.2, 0.25) is 0 Å². The first-order valence-corrected chi connectivity index (χ1v) is 10.2. The molecule has 2 aromatic rings. The van der Waals surface area contributed by atoms with Crippen molar-refractivity contribution < 1.29 is 4.79 Å². The molecule has 4 rings (SSSR count). The maximum atomic E-state index is 12.8. The maximum Gasteiger partial charge on any atom is 0.255 e. The van der Waals surface area contributed by atoms with Gasteiger partial charge in [0, 0.05) is 44.0 Å². The van der Waals surface area contributed by atoms with Gasteiger partial charge in [0.2, 0.25) is 0 Å². The molecule has 2 aromatic heterocycles. The van der Waals surface area contributed by atoms with Gasteiger partial charge in [0.25, 0.3) is 5.91 Å². The molecule has 1 aliphatic carbocycles. The van der Waals surface area contributed by atoms with Gasteiger partial charge in [-0.25, -0.2) is 15.0 Å². The van der Waals surface area contributed by atoms with Gasteiger partial charge in [-0.1, -0.05) is 0 Å². The molecule has 2 N–H and O–H groups in total. The van der Waals surface area contributed by atoms with Crippen molar-refractivity contribution in [3.63, 3.8) is 0 Å². The molecule has 1 amide bonds. The van der Waals surface area contributed by atoms with E-state index in [1.54, 1.807) is 12.5 Å². The lowest BCUT2D eigenvalue weighted by Gasteiger charge is -2.20. The Labute approximate surface area is 166 Å². The van der Waals surface area contributed by atoms with E-state index in [1.165, 1.54) is 12.8 Å². The summed E-state index contributed by atoms with van der Waals surface area (Å²) in [7, 11) is 0. The number of aromatic nitrogens is 3. The summed E-state index contributed by atoms with van der Waals surface area (Å²) >= 11 is 0. The second-order valence-corrected chi connectivity index (χ2v) is 8.00. The Morgan fingerprint density at radius 1 is 1.29 bits per heavy atom. The van der Waals surface area contributed by atoms with Crippen LogP contribution < -0.4 is 15.5 Å². The van der Waals surface area contributed by atoms with Gasteiger partial charge in [-0.3, -0.25) is 4.79 Å². The first kappa shape index (κ1) is 18.7. The Balaban J connectivity index is 1.57. The average Bonchev–Trinajstić information content (AvgIpc) is 3.53. The Hall–Kier alpha value is -2.70. The third-order valence-electron chi connectivity index (χ3n) is 5.27. The molecule has 1 aliphatic heterocycles. The monoisotopic (exact) mass is 380 g/mol. The van der Waals surface area contributed by atoms with Crippen LogP contribution in [0.4, 0.5) is 11.6 Å². The Bertz CT molecular complexity index is 834. The third-order valence-corrected chi connectivity index (χ3v) is 5.27. The second kappa shape index (κ2) is 8.12. The van der Waals surface area contributed by atoms with E-state index in [0.29, 0.717) is 17.3 Å². The van der Waals surface area contributed by atoms with Crippen molar-refractivity contribution in [3.05, 3.63) is 41.5 Å². The quantitative estimate of drug-likeness (QED) is 0.801. The summed E-state index contributed by atoms with van der Waals surface area (Å²) < 4.78 is 0. The van der Waals surface area contributed by atoms with Crippen LogP contribution in [0.15, 0.2) is 24.7 Å². The molecule has 1 fully saturated rings. The highest BCUT2D eigenvalue weighted by molar-refractivity contribution is 5.99. The predicted molar refractivity (Wildman–Crippen MR) is 110 cm³/mol. The van der Waals surface area contributed by atoms with Gasteiger partial charge in [0.1, 0.15) is 18.0 Å². The molecular weight excluding hydrogens is 352 g/mol. The lowest BCUT2D eigenvalue weighted by atomic mass is 10.0. The topological polar surface area (TPSA) is 83.0 Å². The molecule has 0 saturated heterocycles. The van der Waals surface area contributed by atoms with Crippen LogP contribution in [0.25, 0.3) is 0 Å². The van der Waals surface area contributed by atoms with Crippen LogP contribution in [0, 0.1) is 5.92 Å². The highest BCUT2D eigenvalue weighted by Crippen LogP contribution is 2.28. The zero-order valence-electron chi connectivity index (χ0n) is 16.6. The molecule has 2 aliphatic rings. The number of rotatable bonds is 6. The van der Waals surface area contributed by atoms with Crippen LogP contribution in [0.1, 0.15) is 48.3 Å². The standard InChI is InChI=1S/C21H28N6O/c1-14(2)25-20-17(21(28)23-12-15-3-4-15)11-16-6-9-27(10-7-18(16)26-20)19-5-8-22-13-24-19/h5,8,11,13-15H,3-4,6-7,9-10,12H2,1-2H3,(H,23,28)(H,25,26). The van der Waals surface area contributed by atoms with Gasteiger partial charge in [-0.2, -0.15) is 0 Å². The normalized spacial score (nSPS) is 16.5. The number of anilines is 2. The molecule has 0 radical (unpaired) electrons. The van der Waals surface area contributed by atoms with Crippen LogP contribution in [-0.2, 0) is 12.8 Å². The lowest BCUT2D eigenvalue weighted by molar-refractivity contribution is 0.0952. The van der Waals surface area contributed by atoms with Crippen molar-refractivity contribution in [1.82, 2.24) is 20.3 Å². The number of carbonyl (C=O) groups is 1. The molecule has 0 spiro atoms. The van der Waals surface area contributed by atoms with Crippen LogP contribution in [0.5, 0.6) is 0 Å². The van der Waals surface area contributed by atoms with E-state index in [4.69, 9.17) is 4.98 Å². The van der Waals surface area contributed by atoms with Gasteiger partial charge in [-0.05, 0) is 56.7 Å². The van der Waals surface area contributed by atoms with Crippen LogP contribution in [0.3, 0.4) is 0 Å². The van der Waals surface area contributed by atoms with Crippen molar-refractivity contribution in [2.75, 3.05) is 29.9 Å². The summed E-state index contributed by atoms with van der Waals surface area (Å²) in [5.41, 5.74) is 2.88. The van der Waals surface area contributed by atoms with E-state index in [9.17, 15) is 4.79 Å². The molecule has 1 saturated carbocycles. The summed E-state index contributed by atoms with van der Waals surface area (Å²) in [5.74, 6) is 2.26. The van der Waals surface area contributed by atoms with Gasteiger partial charge in [0.05, 0.1) is 5.56 Å². The number of carbonyl (C=O) groups excluding carboxylic acids is 1. The fraction of sp³-hybridized carbons (Fsp3) is 0.524. The minimum absolute atomic E-state index is 0.0257. The minimum atomic E-state index is -0.0257. The Morgan fingerprint density at radius 2 is 2.11 bits per heavy atom. The summed E-state index contributed by atoms with van der Waals surface area (Å²) in [6.07, 6.45) is 7.47. The first-order valence-electron chi connectivity index (χ1n) is 10.2. The van der Waals surface area contributed by atoms with Gasteiger partial charge >= 0.3 is 0 Å². The van der Waals surface area contributed by atoms with E-state index in [-0.39, 0.29) is 11.9 Å². The SMILES string of the molecule is CC(C)Nc1nc2c(cc1C(=O)NCC1CC1)CCN(c1ccncn1)CC2. The predicted octanol–water partition coefficient (Wildman–Crippen LogP) is 2.44. The number of hydrogen-bond donors (Lipinski definition) is 2. The molecular formula is C21H28N6O. The molecule has 3 heterocycles. The first-order chi connectivity index (χ1) is 13.6. The summed E-state index contributed by atoms with van der Waals surface area (Å²) in [4.78, 5) is 28.3. The molecule has 0 unspecified atom stereocenters.